The van der Waals surface area contributed by atoms with Crippen LogP contribution in [0.4, 0.5) is 5.69 Å². The Bertz CT molecular complexity index is 637. The van der Waals surface area contributed by atoms with Crippen LogP contribution in [0.3, 0.4) is 0 Å². The van der Waals surface area contributed by atoms with Gasteiger partial charge in [0.25, 0.3) is 5.91 Å². The molecule has 116 valence electrons. The Morgan fingerprint density at radius 3 is 2.91 bits per heavy atom. The van der Waals surface area contributed by atoms with Crippen LogP contribution in [0.1, 0.15) is 29.3 Å². The third-order valence-corrected chi connectivity index (χ3v) is 4.25. The van der Waals surface area contributed by atoms with E-state index in [1.54, 1.807) is 17.9 Å². The molecule has 2 aliphatic rings. The molecule has 0 saturated carbocycles. The highest BCUT2D eigenvalue weighted by Crippen LogP contribution is 2.28. The molecule has 1 aromatic rings. The topological polar surface area (TPSA) is 61.4 Å². The van der Waals surface area contributed by atoms with Gasteiger partial charge in [0.2, 0.25) is 5.91 Å². The molecule has 22 heavy (non-hydrogen) atoms. The number of carbonyl (C=O) groups excluding carboxylic acids is 2. The van der Waals surface area contributed by atoms with E-state index in [1.165, 1.54) is 5.57 Å². The molecule has 0 atom stereocenters. The number of nitrogens with zero attached hydrogens (tertiary/aromatic N) is 1. The summed E-state index contributed by atoms with van der Waals surface area (Å²) in [6.07, 6.45) is 3.93. The largest absolute Gasteiger partial charge is 0.348 e. The van der Waals surface area contributed by atoms with Gasteiger partial charge >= 0.3 is 0 Å². The highest BCUT2D eigenvalue weighted by Gasteiger charge is 2.23. The van der Waals surface area contributed by atoms with Crippen molar-refractivity contribution >= 4 is 17.5 Å². The van der Waals surface area contributed by atoms with Crippen molar-refractivity contribution in [3.8, 4) is 0 Å². The van der Waals surface area contributed by atoms with E-state index >= 15 is 0 Å². The fourth-order valence-electron chi connectivity index (χ4n) is 3.00. The molecule has 0 aliphatic carbocycles. The van der Waals surface area contributed by atoms with Crippen LogP contribution in [0.2, 0.25) is 0 Å². The standard InChI is InChI=1S/C17H21N3O2/c1-12(21)20-9-6-14-10-15(2-3-16(14)20)17(22)19-11-13-4-7-18-8-5-13/h2-4,10,18H,5-9,11H2,1H3,(H,19,22). The van der Waals surface area contributed by atoms with E-state index in [2.05, 4.69) is 16.7 Å². The first-order chi connectivity index (χ1) is 10.6. The zero-order valence-electron chi connectivity index (χ0n) is 12.8. The second-order valence-corrected chi connectivity index (χ2v) is 5.76. The van der Waals surface area contributed by atoms with E-state index in [1.807, 2.05) is 12.1 Å². The lowest BCUT2D eigenvalue weighted by atomic mass is 10.1. The number of hydrogen-bond acceptors (Lipinski definition) is 3. The molecular formula is C17H21N3O2. The normalized spacial score (nSPS) is 17.0. The lowest BCUT2D eigenvalue weighted by Crippen LogP contribution is -2.29. The van der Waals surface area contributed by atoms with Crippen molar-refractivity contribution in [1.29, 1.82) is 0 Å². The minimum atomic E-state index is -0.0523. The van der Waals surface area contributed by atoms with Gasteiger partial charge < -0.3 is 15.5 Å². The van der Waals surface area contributed by atoms with E-state index in [-0.39, 0.29) is 11.8 Å². The second kappa shape index (κ2) is 6.32. The van der Waals surface area contributed by atoms with Crippen LogP contribution in [0.5, 0.6) is 0 Å². The van der Waals surface area contributed by atoms with Crippen molar-refractivity contribution in [2.24, 2.45) is 0 Å². The molecule has 2 N–H and O–H groups in total. The maximum Gasteiger partial charge on any atom is 0.251 e. The Morgan fingerprint density at radius 1 is 1.32 bits per heavy atom. The summed E-state index contributed by atoms with van der Waals surface area (Å²) in [5, 5.41) is 6.23. The molecule has 5 heteroatoms. The molecule has 2 heterocycles. The van der Waals surface area contributed by atoms with Crippen molar-refractivity contribution in [2.45, 2.75) is 19.8 Å². The first-order valence-electron chi connectivity index (χ1n) is 7.73. The predicted molar refractivity (Wildman–Crippen MR) is 86.1 cm³/mol. The maximum absolute atomic E-state index is 12.3. The number of benzene rings is 1. The molecule has 0 fully saturated rings. The summed E-state index contributed by atoms with van der Waals surface area (Å²) in [5.41, 5.74) is 3.95. The number of hydrogen-bond donors (Lipinski definition) is 2. The molecule has 0 aromatic heterocycles. The third kappa shape index (κ3) is 3.04. The highest BCUT2D eigenvalue weighted by atomic mass is 16.2. The van der Waals surface area contributed by atoms with Crippen LogP contribution >= 0.6 is 0 Å². The fourth-order valence-corrected chi connectivity index (χ4v) is 3.00. The Kier molecular flexibility index (Phi) is 4.24. The van der Waals surface area contributed by atoms with Crippen LogP contribution in [-0.4, -0.2) is 38.0 Å². The lowest BCUT2D eigenvalue weighted by Gasteiger charge is -2.16. The molecule has 0 bridgehead atoms. The summed E-state index contributed by atoms with van der Waals surface area (Å²) in [5.74, 6) is -0.00250. The summed E-state index contributed by atoms with van der Waals surface area (Å²) in [4.78, 5) is 25.6. The second-order valence-electron chi connectivity index (χ2n) is 5.76. The fraction of sp³-hybridized carbons (Fsp3) is 0.412. The lowest BCUT2D eigenvalue weighted by molar-refractivity contribution is -0.116. The van der Waals surface area contributed by atoms with Crippen LogP contribution < -0.4 is 15.5 Å². The van der Waals surface area contributed by atoms with Crippen molar-refractivity contribution < 1.29 is 9.59 Å². The smallest absolute Gasteiger partial charge is 0.251 e. The van der Waals surface area contributed by atoms with Gasteiger partial charge in [0.15, 0.2) is 0 Å². The molecule has 5 nitrogen and oxygen atoms in total. The molecule has 1 aromatic carbocycles. The average molecular weight is 299 g/mol. The predicted octanol–water partition coefficient (Wildman–Crippen LogP) is 1.25. The van der Waals surface area contributed by atoms with Gasteiger partial charge in [-0.3, -0.25) is 9.59 Å². The van der Waals surface area contributed by atoms with Gasteiger partial charge in [-0.25, -0.2) is 0 Å². The highest BCUT2D eigenvalue weighted by molar-refractivity contribution is 5.97. The Morgan fingerprint density at radius 2 is 2.18 bits per heavy atom. The van der Waals surface area contributed by atoms with Crippen molar-refractivity contribution in [1.82, 2.24) is 10.6 Å². The Balaban J connectivity index is 1.66. The summed E-state index contributed by atoms with van der Waals surface area (Å²) in [7, 11) is 0. The van der Waals surface area contributed by atoms with Gasteiger partial charge in [-0.05, 0) is 43.1 Å². The first kappa shape index (κ1) is 14.8. The van der Waals surface area contributed by atoms with E-state index in [4.69, 9.17) is 0 Å². The summed E-state index contributed by atoms with van der Waals surface area (Å²) >= 11 is 0. The minimum Gasteiger partial charge on any atom is -0.348 e. The quantitative estimate of drug-likeness (QED) is 0.826. The number of rotatable bonds is 3. The zero-order valence-corrected chi connectivity index (χ0v) is 12.8. The van der Waals surface area contributed by atoms with Gasteiger partial charge in [0.1, 0.15) is 0 Å². The minimum absolute atomic E-state index is 0.0498. The van der Waals surface area contributed by atoms with Crippen LogP contribution in [0, 0.1) is 0 Å². The molecule has 0 saturated heterocycles. The monoisotopic (exact) mass is 299 g/mol. The van der Waals surface area contributed by atoms with Gasteiger partial charge in [-0.1, -0.05) is 11.6 Å². The van der Waals surface area contributed by atoms with Crippen LogP contribution in [-0.2, 0) is 11.2 Å². The summed E-state index contributed by atoms with van der Waals surface area (Å²) in [6, 6.07) is 5.58. The van der Waals surface area contributed by atoms with Gasteiger partial charge in [-0.2, -0.15) is 0 Å². The van der Waals surface area contributed by atoms with Crippen molar-refractivity contribution in [3.05, 3.63) is 41.0 Å². The summed E-state index contributed by atoms with van der Waals surface area (Å²) < 4.78 is 0. The van der Waals surface area contributed by atoms with E-state index in [0.29, 0.717) is 18.7 Å². The maximum atomic E-state index is 12.3. The van der Waals surface area contributed by atoms with E-state index in [0.717, 1.165) is 37.2 Å². The molecule has 0 radical (unpaired) electrons. The number of fused-ring (bicyclic) bond motifs is 1. The van der Waals surface area contributed by atoms with Gasteiger partial charge in [-0.15, -0.1) is 0 Å². The first-order valence-corrected chi connectivity index (χ1v) is 7.73. The van der Waals surface area contributed by atoms with Crippen molar-refractivity contribution in [3.63, 3.8) is 0 Å². The SMILES string of the molecule is CC(=O)N1CCc2cc(C(=O)NCC3=CCNCC3)ccc21. The van der Waals surface area contributed by atoms with Crippen molar-refractivity contribution in [2.75, 3.05) is 31.1 Å². The molecule has 0 spiro atoms. The van der Waals surface area contributed by atoms with Crippen LogP contribution in [0.15, 0.2) is 29.8 Å². The van der Waals surface area contributed by atoms with E-state index in [9.17, 15) is 9.59 Å². The molecule has 3 rings (SSSR count). The van der Waals surface area contributed by atoms with Gasteiger partial charge in [0.05, 0.1) is 0 Å². The molecule has 2 aliphatic heterocycles. The Hall–Kier alpha value is -2.14. The number of amides is 2. The number of anilines is 1. The van der Waals surface area contributed by atoms with Crippen LogP contribution in [0.25, 0.3) is 0 Å². The molecule has 2 amide bonds. The number of nitrogens with one attached hydrogen (secondary N) is 2. The third-order valence-electron chi connectivity index (χ3n) is 4.25. The van der Waals surface area contributed by atoms with E-state index < -0.39 is 0 Å². The zero-order chi connectivity index (χ0) is 15.5. The molecular weight excluding hydrogens is 278 g/mol. The average Bonchev–Trinajstić information content (AvgIpc) is 2.97. The Labute approximate surface area is 130 Å². The number of carbonyl (C=O) groups is 2. The molecule has 0 unspecified atom stereocenters. The van der Waals surface area contributed by atoms with Gasteiger partial charge in [0, 0.05) is 37.8 Å². The summed E-state index contributed by atoms with van der Waals surface area (Å²) in [6.45, 7) is 4.74.